The van der Waals surface area contributed by atoms with Crippen LogP contribution in [0, 0.1) is 0 Å². The van der Waals surface area contributed by atoms with Gasteiger partial charge in [0.15, 0.2) is 6.10 Å². The number of esters is 3. The summed E-state index contributed by atoms with van der Waals surface area (Å²) in [6.07, 6.45) is 85.2. The van der Waals surface area contributed by atoms with Gasteiger partial charge in [-0.15, -0.1) is 0 Å². The van der Waals surface area contributed by atoms with E-state index in [1.165, 1.54) is 128 Å². The molecule has 0 radical (unpaired) electrons. The Morgan fingerprint density at radius 2 is 0.520 bits per heavy atom. The molecule has 0 spiro atoms. The van der Waals surface area contributed by atoms with E-state index in [4.69, 9.17) is 14.2 Å². The van der Waals surface area contributed by atoms with Gasteiger partial charge >= 0.3 is 17.9 Å². The maximum Gasteiger partial charge on any atom is 0.306 e. The number of rotatable bonds is 56. The van der Waals surface area contributed by atoms with Crippen LogP contribution in [0.15, 0.2) is 109 Å². The van der Waals surface area contributed by atoms with E-state index in [9.17, 15) is 14.4 Å². The Balaban J connectivity index is 4.29. The first kappa shape index (κ1) is 71.1. The van der Waals surface area contributed by atoms with Crippen LogP contribution >= 0.6 is 0 Å². The second kappa shape index (κ2) is 62.6. The third-order valence-electron chi connectivity index (χ3n) is 13.3. The van der Waals surface area contributed by atoms with Gasteiger partial charge in [0.2, 0.25) is 0 Å². The molecular weight excluding hydrogens is 925 g/mol. The molecule has 0 saturated carbocycles. The summed E-state index contributed by atoms with van der Waals surface area (Å²) in [7, 11) is 0. The number of carbonyl (C=O) groups excluding carboxylic acids is 3. The van der Waals surface area contributed by atoms with Gasteiger partial charge in [-0.25, -0.2) is 0 Å². The summed E-state index contributed by atoms with van der Waals surface area (Å²) < 4.78 is 16.9. The van der Waals surface area contributed by atoms with Crippen LogP contribution in [-0.4, -0.2) is 37.2 Å². The summed E-state index contributed by atoms with van der Waals surface area (Å²) in [6, 6.07) is 0. The SMILES string of the molecule is CC/C=C\C/C=C\C/C=C\C/C=C\C/C=C\C/C=C\C/C=C\CCCCCCCCCC(=O)OCC(COC(=O)CCCCCCCCCCCC)OC(=O)CCCCCCCCC/C=C\C/C=C\CCCCCC. The minimum atomic E-state index is -0.787. The number of allylic oxidation sites excluding steroid dienone is 18. The highest BCUT2D eigenvalue weighted by Gasteiger charge is 2.19. The van der Waals surface area contributed by atoms with Crippen LogP contribution in [-0.2, 0) is 28.6 Å². The largest absolute Gasteiger partial charge is 0.462 e. The van der Waals surface area contributed by atoms with Gasteiger partial charge < -0.3 is 14.2 Å². The van der Waals surface area contributed by atoms with Gasteiger partial charge in [0.25, 0.3) is 0 Å². The molecule has 1 unspecified atom stereocenters. The highest BCUT2D eigenvalue weighted by atomic mass is 16.6. The lowest BCUT2D eigenvalue weighted by Gasteiger charge is -2.18. The van der Waals surface area contributed by atoms with E-state index < -0.39 is 6.10 Å². The highest BCUT2D eigenvalue weighted by molar-refractivity contribution is 5.71. The van der Waals surface area contributed by atoms with Crippen LogP contribution in [0.4, 0.5) is 0 Å². The third kappa shape index (κ3) is 60.8. The minimum absolute atomic E-state index is 0.0834. The van der Waals surface area contributed by atoms with Gasteiger partial charge in [0.1, 0.15) is 13.2 Å². The van der Waals surface area contributed by atoms with Gasteiger partial charge in [0.05, 0.1) is 0 Å². The van der Waals surface area contributed by atoms with Crippen molar-refractivity contribution in [3.63, 3.8) is 0 Å². The Morgan fingerprint density at radius 1 is 0.280 bits per heavy atom. The molecule has 75 heavy (non-hydrogen) atoms. The van der Waals surface area contributed by atoms with E-state index in [0.717, 1.165) is 122 Å². The first-order valence-corrected chi connectivity index (χ1v) is 31.4. The minimum Gasteiger partial charge on any atom is -0.462 e. The second-order valence-electron chi connectivity index (χ2n) is 20.6. The molecule has 0 saturated heterocycles. The van der Waals surface area contributed by atoms with E-state index >= 15 is 0 Å². The Hall–Kier alpha value is -3.93. The lowest BCUT2D eigenvalue weighted by atomic mass is 10.1. The molecule has 0 aromatic carbocycles. The third-order valence-corrected chi connectivity index (χ3v) is 13.3. The van der Waals surface area contributed by atoms with Gasteiger partial charge in [-0.2, -0.15) is 0 Å². The molecule has 0 aliphatic heterocycles. The van der Waals surface area contributed by atoms with E-state index in [0.29, 0.717) is 19.3 Å². The molecule has 6 nitrogen and oxygen atoms in total. The summed E-state index contributed by atoms with van der Waals surface area (Å²) >= 11 is 0. The van der Waals surface area contributed by atoms with Crippen molar-refractivity contribution in [1.29, 1.82) is 0 Å². The summed E-state index contributed by atoms with van der Waals surface area (Å²) in [5, 5.41) is 0. The first-order valence-electron chi connectivity index (χ1n) is 31.4. The zero-order chi connectivity index (χ0) is 54.3. The average molecular weight is 1040 g/mol. The topological polar surface area (TPSA) is 78.9 Å². The van der Waals surface area contributed by atoms with Gasteiger partial charge in [-0.3, -0.25) is 14.4 Å². The quantitative estimate of drug-likeness (QED) is 0.0261. The normalized spacial score (nSPS) is 12.8. The molecule has 0 N–H and O–H groups in total. The molecule has 0 aromatic rings. The highest BCUT2D eigenvalue weighted by Crippen LogP contribution is 2.15. The summed E-state index contributed by atoms with van der Waals surface area (Å²) in [6.45, 7) is 6.49. The van der Waals surface area contributed by atoms with Crippen molar-refractivity contribution in [1.82, 2.24) is 0 Å². The van der Waals surface area contributed by atoms with Crippen molar-refractivity contribution in [3.8, 4) is 0 Å². The van der Waals surface area contributed by atoms with Crippen molar-refractivity contribution < 1.29 is 28.6 Å². The second-order valence-corrected chi connectivity index (χ2v) is 20.6. The predicted octanol–water partition coefficient (Wildman–Crippen LogP) is 21.4. The van der Waals surface area contributed by atoms with E-state index in [-0.39, 0.29) is 31.1 Å². The molecule has 1 atom stereocenters. The smallest absolute Gasteiger partial charge is 0.306 e. The summed E-state index contributed by atoms with van der Waals surface area (Å²) in [4.78, 5) is 38.2. The Labute approximate surface area is 463 Å². The lowest BCUT2D eigenvalue weighted by molar-refractivity contribution is -0.167. The van der Waals surface area contributed by atoms with Crippen LogP contribution in [0.1, 0.15) is 290 Å². The average Bonchev–Trinajstić information content (AvgIpc) is 3.41. The number of hydrogen-bond donors (Lipinski definition) is 0. The van der Waals surface area contributed by atoms with Crippen LogP contribution in [0.5, 0.6) is 0 Å². The molecule has 428 valence electrons. The standard InChI is InChI=1S/C69H116O6/c1-4-7-10-13-16-19-22-24-26-28-30-31-32-33-34-35-36-37-38-39-40-42-43-45-47-50-53-56-59-62-68(71)74-65-66(64-73-67(70)61-58-55-52-49-21-18-15-12-9-6-3)75-69(72)63-60-57-54-51-48-46-44-41-29-27-25-23-20-17-14-11-8-5-2/h7,10,16,19-20,23-24,26-27,29-31,33-34,36-37,39-40,66H,4-6,8-9,11-15,17-18,21-22,25,28,32,35,38,41-65H2,1-3H3/b10-7-,19-16-,23-20-,26-24-,29-27-,31-30-,34-33-,37-36-,40-39-. The van der Waals surface area contributed by atoms with Gasteiger partial charge in [-0.05, 0) is 109 Å². The Kier molecular flexibility index (Phi) is 59.3. The molecule has 0 aromatic heterocycles. The van der Waals surface area contributed by atoms with Crippen molar-refractivity contribution >= 4 is 17.9 Å². The van der Waals surface area contributed by atoms with Gasteiger partial charge in [-0.1, -0.05) is 271 Å². The van der Waals surface area contributed by atoms with Crippen molar-refractivity contribution in [2.24, 2.45) is 0 Å². The van der Waals surface area contributed by atoms with Gasteiger partial charge in [0, 0.05) is 19.3 Å². The molecule has 6 heteroatoms. The molecule has 0 fully saturated rings. The molecule has 0 heterocycles. The first-order chi connectivity index (χ1) is 37.0. The van der Waals surface area contributed by atoms with Crippen LogP contribution in [0.25, 0.3) is 0 Å². The van der Waals surface area contributed by atoms with E-state index in [1.807, 2.05) is 0 Å². The van der Waals surface area contributed by atoms with E-state index in [2.05, 4.69) is 130 Å². The molecule has 0 aliphatic rings. The molecule has 0 aliphatic carbocycles. The van der Waals surface area contributed by atoms with Crippen LogP contribution < -0.4 is 0 Å². The molecule has 0 rings (SSSR count). The fraction of sp³-hybridized carbons (Fsp3) is 0.696. The van der Waals surface area contributed by atoms with Crippen molar-refractivity contribution in [3.05, 3.63) is 109 Å². The predicted molar refractivity (Wildman–Crippen MR) is 325 cm³/mol. The Bertz CT molecular complexity index is 1520. The lowest BCUT2D eigenvalue weighted by Crippen LogP contribution is -2.30. The molecular formula is C69H116O6. The number of carbonyl (C=O) groups is 3. The zero-order valence-corrected chi connectivity index (χ0v) is 49.0. The number of ether oxygens (including phenoxy) is 3. The van der Waals surface area contributed by atoms with Crippen molar-refractivity contribution in [2.45, 2.75) is 297 Å². The Morgan fingerprint density at radius 3 is 0.827 bits per heavy atom. The monoisotopic (exact) mass is 1040 g/mol. The van der Waals surface area contributed by atoms with Crippen LogP contribution in [0.2, 0.25) is 0 Å². The fourth-order valence-electron chi connectivity index (χ4n) is 8.57. The fourth-order valence-corrected chi connectivity index (χ4v) is 8.57. The molecule has 0 amide bonds. The maximum atomic E-state index is 12.9. The van der Waals surface area contributed by atoms with E-state index in [1.54, 1.807) is 0 Å². The molecule has 0 bridgehead atoms. The zero-order valence-electron chi connectivity index (χ0n) is 49.0. The number of hydrogen-bond acceptors (Lipinski definition) is 6. The summed E-state index contributed by atoms with van der Waals surface area (Å²) in [5.74, 6) is -0.899. The van der Waals surface area contributed by atoms with Crippen molar-refractivity contribution in [2.75, 3.05) is 13.2 Å². The summed E-state index contributed by atoms with van der Waals surface area (Å²) in [5.41, 5.74) is 0. The van der Waals surface area contributed by atoms with Crippen LogP contribution in [0.3, 0.4) is 0 Å². The maximum absolute atomic E-state index is 12.9. The number of unbranched alkanes of at least 4 members (excludes halogenated alkanes) is 27.